The number of hydrogen-bond donors (Lipinski definition) is 1. The Morgan fingerprint density at radius 1 is 1.20 bits per heavy atom. The van der Waals surface area contributed by atoms with E-state index in [0.29, 0.717) is 13.1 Å². The van der Waals surface area contributed by atoms with E-state index in [1.54, 1.807) is 16.2 Å². The van der Waals surface area contributed by atoms with Crippen LogP contribution >= 0.6 is 11.3 Å². The molecule has 1 aromatic carbocycles. The van der Waals surface area contributed by atoms with Gasteiger partial charge in [-0.25, -0.2) is 9.78 Å². The Morgan fingerprint density at radius 3 is 2.80 bits per heavy atom. The SMILES string of the molecule is Cc1cccc(-c2nn(C3CCN(C(N)=O)CC3)cc2-c2ccc3ncsc3c2)n1. The number of pyridine rings is 1. The summed E-state index contributed by atoms with van der Waals surface area (Å²) < 4.78 is 3.20. The van der Waals surface area contributed by atoms with Crippen LogP contribution in [0.1, 0.15) is 24.6 Å². The second-order valence-electron chi connectivity index (χ2n) is 7.63. The zero-order valence-corrected chi connectivity index (χ0v) is 17.5. The molecule has 0 radical (unpaired) electrons. The molecule has 0 bridgehead atoms. The number of hydrogen-bond acceptors (Lipinski definition) is 5. The van der Waals surface area contributed by atoms with E-state index in [2.05, 4.69) is 29.4 Å². The van der Waals surface area contributed by atoms with Crippen molar-refractivity contribution < 1.29 is 4.79 Å². The van der Waals surface area contributed by atoms with Gasteiger partial charge in [-0.1, -0.05) is 12.1 Å². The Hall–Kier alpha value is -3.26. The maximum Gasteiger partial charge on any atom is 0.314 e. The number of rotatable bonds is 3. The predicted molar refractivity (Wildman–Crippen MR) is 118 cm³/mol. The number of aryl methyl sites for hydroxylation is 1. The lowest BCUT2D eigenvalue weighted by Crippen LogP contribution is -2.42. The van der Waals surface area contributed by atoms with Crippen molar-refractivity contribution in [2.75, 3.05) is 13.1 Å². The van der Waals surface area contributed by atoms with Crippen LogP contribution in [0.2, 0.25) is 0 Å². The smallest absolute Gasteiger partial charge is 0.314 e. The summed E-state index contributed by atoms with van der Waals surface area (Å²) >= 11 is 1.63. The summed E-state index contributed by atoms with van der Waals surface area (Å²) in [4.78, 5) is 22.3. The van der Waals surface area contributed by atoms with Gasteiger partial charge in [-0.15, -0.1) is 11.3 Å². The van der Waals surface area contributed by atoms with Gasteiger partial charge in [0.1, 0.15) is 5.69 Å². The molecule has 0 atom stereocenters. The zero-order chi connectivity index (χ0) is 20.7. The van der Waals surface area contributed by atoms with Crippen molar-refractivity contribution in [3.8, 4) is 22.5 Å². The Morgan fingerprint density at radius 2 is 2.03 bits per heavy atom. The Balaban J connectivity index is 1.57. The molecular formula is C22H22N6OS. The molecule has 0 spiro atoms. The highest BCUT2D eigenvalue weighted by Crippen LogP contribution is 2.35. The molecule has 4 aromatic rings. The zero-order valence-electron chi connectivity index (χ0n) is 16.7. The fraction of sp³-hybridized carbons (Fsp3) is 0.273. The highest BCUT2D eigenvalue weighted by atomic mass is 32.1. The fourth-order valence-electron chi connectivity index (χ4n) is 4.03. The van der Waals surface area contributed by atoms with Crippen LogP contribution in [0.5, 0.6) is 0 Å². The summed E-state index contributed by atoms with van der Waals surface area (Å²) in [6.45, 7) is 3.29. The van der Waals surface area contributed by atoms with E-state index in [1.807, 2.05) is 35.3 Å². The van der Waals surface area contributed by atoms with Crippen molar-refractivity contribution in [3.63, 3.8) is 0 Å². The minimum absolute atomic E-state index is 0.227. The number of urea groups is 1. The number of likely N-dealkylation sites (tertiary alicyclic amines) is 1. The van der Waals surface area contributed by atoms with Crippen LogP contribution in [0.3, 0.4) is 0 Å². The molecule has 4 heterocycles. The summed E-state index contributed by atoms with van der Waals surface area (Å²) in [5, 5.41) is 4.97. The standard InChI is InChI=1S/C22H22N6OS/c1-14-3-2-4-19(25-14)21-17(15-5-6-18-20(11-15)30-13-24-18)12-28(26-21)16-7-9-27(10-8-16)22(23)29/h2-6,11-13,16H,7-10H2,1H3,(H2,23,29). The van der Waals surface area contributed by atoms with E-state index in [9.17, 15) is 4.79 Å². The van der Waals surface area contributed by atoms with Gasteiger partial charge in [-0.05, 0) is 49.6 Å². The van der Waals surface area contributed by atoms with Crippen LogP contribution in [0.15, 0.2) is 48.1 Å². The number of carbonyl (C=O) groups is 1. The van der Waals surface area contributed by atoms with Crippen molar-refractivity contribution in [1.29, 1.82) is 0 Å². The molecule has 0 aliphatic carbocycles. The van der Waals surface area contributed by atoms with E-state index < -0.39 is 0 Å². The monoisotopic (exact) mass is 418 g/mol. The third-order valence-electron chi connectivity index (χ3n) is 5.66. The average molecular weight is 419 g/mol. The van der Waals surface area contributed by atoms with E-state index in [4.69, 9.17) is 15.8 Å². The predicted octanol–water partition coefficient (Wildman–Crippen LogP) is 4.25. The molecule has 2 N–H and O–H groups in total. The summed E-state index contributed by atoms with van der Waals surface area (Å²) in [6.07, 6.45) is 3.78. The number of piperidine rings is 1. The Bertz CT molecular complexity index is 1220. The van der Waals surface area contributed by atoms with Gasteiger partial charge in [0.2, 0.25) is 0 Å². The molecule has 8 heteroatoms. The molecule has 7 nitrogen and oxygen atoms in total. The molecule has 1 saturated heterocycles. The number of aromatic nitrogens is 4. The van der Waals surface area contributed by atoms with Crippen molar-refractivity contribution in [3.05, 3.63) is 53.8 Å². The topological polar surface area (TPSA) is 89.9 Å². The Kier molecular flexibility index (Phi) is 4.71. The summed E-state index contributed by atoms with van der Waals surface area (Å²) in [7, 11) is 0. The van der Waals surface area contributed by atoms with Crippen LogP contribution in [0.4, 0.5) is 4.79 Å². The molecule has 3 aromatic heterocycles. The molecule has 152 valence electrons. The molecule has 1 fully saturated rings. The third kappa shape index (κ3) is 3.43. The molecule has 2 amide bonds. The first-order chi connectivity index (χ1) is 14.6. The number of fused-ring (bicyclic) bond motifs is 1. The van der Waals surface area contributed by atoms with Crippen LogP contribution < -0.4 is 5.73 Å². The number of carbonyl (C=O) groups excluding carboxylic acids is 1. The molecule has 5 rings (SSSR count). The lowest BCUT2D eigenvalue weighted by molar-refractivity contribution is 0.177. The van der Waals surface area contributed by atoms with Crippen molar-refractivity contribution in [2.45, 2.75) is 25.8 Å². The van der Waals surface area contributed by atoms with E-state index >= 15 is 0 Å². The van der Waals surface area contributed by atoms with E-state index in [-0.39, 0.29) is 12.1 Å². The lowest BCUT2D eigenvalue weighted by Gasteiger charge is -2.30. The van der Waals surface area contributed by atoms with Crippen LogP contribution in [-0.4, -0.2) is 43.8 Å². The van der Waals surface area contributed by atoms with Gasteiger partial charge in [-0.2, -0.15) is 5.10 Å². The quantitative estimate of drug-likeness (QED) is 0.539. The first-order valence-corrected chi connectivity index (χ1v) is 10.9. The molecule has 0 saturated carbocycles. The number of primary amides is 1. The molecular weight excluding hydrogens is 396 g/mol. The van der Waals surface area contributed by atoms with Crippen LogP contribution in [0.25, 0.3) is 32.7 Å². The van der Waals surface area contributed by atoms with Crippen molar-refractivity contribution >= 4 is 27.6 Å². The minimum atomic E-state index is -0.350. The van der Waals surface area contributed by atoms with Crippen molar-refractivity contribution in [2.24, 2.45) is 5.73 Å². The molecule has 1 aliphatic heterocycles. The number of thiazole rings is 1. The van der Waals surface area contributed by atoms with Gasteiger partial charge in [0.25, 0.3) is 0 Å². The number of amides is 2. The van der Waals surface area contributed by atoms with Gasteiger partial charge in [0.15, 0.2) is 0 Å². The van der Waals surface area contributed by atoms with E-state index in [1.165, 1.54) is 0 Å². The Labute approximate surface area is 178 Å². The summed E-state index contributed by atoms with van der Waals surface area (Å²) in [6, 6.07) is 12.2. The van der Waals surface area contributed by atoms with Gasteiger partial charge in [0, 0.05) is 30.5 Å². The maximum atomic E-state index is 11.5. The first kappa shape index (κ1) is 18.7. The fourth-order valence-corrected chi connectivity index (χ4v) is 4.74. The van der Waals surface area contributed by atoms with Crippen LogP contribution in [0, 0.1) is 6.92 Å². The maximum absolute atomic E-state index is 11.5. The van der Waals surface area contributed by atoms with Gasteiger partial charge in [-0.3, -0.25) is 9.67 Å². The molecule has 0 unspecified atom stereocenters. The highest BCUT2D eigenvalue weighted by molar-refractivity contribution is 7.16. The number of nitrogens with two attached hydrogens (primary N) is 1. The third-order valence-corrected chi connectivity index (χ3v) is 6.45. The second kappa shape index (κ2) is 7.53. The number of benzene rings is 1. The van der Waals surface area contributed by atoms with E-state index in [0.717, 1.165) is 51.3 Å². The van der Waals surface area contributed by atoms with Gasteiger partial charge >= 0.3 is 6.03 Å². The summed E-state index contributed by atoms with van der Waals surface area (Å²) in [5.41, 5.74) is 13.2. The lowest BCUT2D eigenvalue weighted by atomic mass is 10.0. The number of nitrogens with zero attached hydrogens (tertiary/aromatic N) is 5. The summed E-state index contributed by atoms with van der Waals surface area (Å²) in [5.74, 6) is 0. The minimum Gasteiger partial charge on any atom is -0.351 e. The highest BCUT2D eigenvalue weighted by Gasteiger charge is 2.25. The molecule has 30 heavy (non-hydrogen) atoms. The normalized spacial score (nSPS) is 15.0. The average Bonchev–Trinajstić information content (AvgIpc) is 3.40. The van der Waals surface area contributed by atoms with Crippen molar-refractivity contribution in [1.82, 2.24) is 24.6 Å². The first-order valence-electron chi connectivity index (χ1n) is 9.99. The largest absolute Gasteiger partial charge is 0.351 e. The van der Waals surface area contributed by atoms with Gasteiger partial charge in [0.05, 0.1) is 27.5 Å². The second-order valence-corrected chi connectivity index (χ2v) is 8.51. The van der Waals surface area contributed by atoms with Gasteiger partial charge < -0.3 is 10.6 Å². The molecule has 1 aliphatic rings. The van der Waals surface area contributed by atoms with Crippen LogP contribution in [-0.2, 0) is 0 Å².